The number of thioether (sulfide) groups is 2. The van der Waals surface area contributed by atoms with Crippen LogP contribution in [0.15, 0.2) is 101 Å². The third kappa shape index (κ3) is 2.38. The quantitative estimate of drug-likeness (QED) is 0.288. The number of fused-ring (bicyclic) bond motifs is 7. The van der Waals surface area contributed by atoms with Crippen molar-refractivity contribution in [2.75, 3.05) is 0 Å². The SMILES string of the molecule is BrC1=CC2=C(Sc3cc(Br)ccc3S2)C2(C1)c1ccccc1-c1ccccc12. The minimum Gasteiger partial charge on any atom is -0.0908 e. The van der Waals surface area contributed by atoms with Gasteiger partial charge in [-0.2, -0.15) is 0 Å². The monoisotopic (exact) mass is 524 g/mol. The number of halogens is 2. The van der Waals surface area contributed by atoms with E-state index in [4.69, 9.17) is 0 Å². The molecule has 136 valence electrons. The molecule has 0 saturated heterocycles. The van der Waals surface area contributed by atoms with Crippen LogP contribution in [0.25, 0.3) is 11.1 Å². The van der Waals surface area contributed by atoms with Gasteiger partial charge in [-0.25, -0.2) is 0 Å². The first-order valence-corrected chi connectivity index (χ1v) is 12.3. The van der Waals surface area contributed by atoms with E-state index in [1.807, 2.05) is 23.5 Å². The molecule has 1 spiro atoms. The average Bonchev–Trinajstić information content (AvgIpc) is 2.98. The Bertz CT molecular complexity index is 1180. The first kappa shape index (κ1) is 17.6. The van der Waals surface area contributed by atoms with Crippen molar-refractivity contribution in [1.82, 2.24) is 0 Å². The fourth-order valence-corrected chi connectivity index (χ4v) is 8.67. The summed E-state index contributed by atoms with van der Waals surface area (Å²) in [6.07, 6.45) is 3.30. The van der Waals surface area contributed by atoms with Gasteiger partial charge in [0.25, 0.3) is 0 Å². The molecule has 28 heavy (non-hydrogen) atoms. The molecule has 3 aromatic carbocycles. The van der Waals surface area contributed by atoms with Crippen LogP contribution in [0.5, 0.6) is 0 Å². The van der Waals surface area contributed by atoms with Crippen molar-refractivity contribution in [1.29, 1.82) is 0 Å². The zero-order valence-electron chi connectivity index (χ0n) is 14.7. The Morgan fingerprint density at radius 3 is 2.14 bits per heavy atom. The molecule has 0 amide bonds. The highest BCUT2D eigenvalue weighted by Crippen LogP contribution is 2.65. The van der Waals surface area contributed by atoms with Gasteiger partial charge in [0.05, 0.1) is 5.41 Å². The minimum absolute atomic E-state index is 0.117. The van der Waals surface area contributed by atoms with E-state index in [-0.39, 0.29) is 5.41 Å². The Morgan fingerprint density at radius 1 is 0.750 bits per heavy atom. The predicted molar refractivity (Wildman–Crippen MR) is 127 cm³/mol. The zero-order valence-corrected chi connectivity index (χ0v) is 19.5. The highest BCUT2D eigenvalue weighted by molar-refractivity contribution is 9.11. The molecule has 0 unspecified atom stereocenters. The molecule has 3 aliphatic rings. The van der Waals surface area contributed by atoms with E-state index in [2.05, 4.69) is 105 Å². The lowest BCUT2D eigenvalue weighted by Gasteiger charge is -2.40. The van der Waals surface area contributed by atoms with Crippen molar-refractivity contribution in [2.24, 2.45) is 0 Å². The van der Waals surface area contributed by atoms with Gasteiger partial charge < -0.3 is 0 Å². The molecule has 0 nitrogen and oxygen atoms in total. The van der Waals surface area contributed by atoms with E-state index in [1.165, 1.54) is 46.3 Å². The molecule has 0 atom stereocenters. The van der Waals surface area contributed by atoms with Gasteiger partial charge in [0.15, 0.2) is 0 Å². The number of rotatable bonds is 0. The Labute approximate surface area is 189 Å². The summed E-state index contributed by atoms with van der Waals surface area (Å²) < 4.78 is 2.41. The van der Waals surface area contributed by atoms with Crippen LogP contribution >= 0.6 is 55.4 Å². The summed E-state index contributed by atoms with van der Waals surface area (Å²) in [6.45, 7) is 0. The van der Waals surface area contributed by atoms with Crippen molar-refractivity contribution < 1.29 is 0 Å². The third-order valence-electron chi connectivity index (χ3n) is 5.73. The van der Waals surface area contributed by atoms with Gasteiger partial charge in [-0.15, -0.1) is 0 Å². The van der Waals surface area contributed by atoms with Crippen LogP contribution in [0.2, 0.25) is 0 Å². The lowest BCUT2D eigenvalue weighted by Crippen LogP contribution is -2.30. The summed E-state index contributed by atoms with van der Waals surface area (Å²) >= 11 is 11.4. The first-order valence-electron chi connectivity index (χ1n) is 9.12. The molecule has 1 heterocycles. The maximum absolute atomic E-state index is 3.89. The lowest BCUT2D eigenvalue weighted by molar-refractivity contribution is 0.648. The molecule has 1 aliphatic heterocycles. The first-order chi connectivity index (χ1) is 13.7. The second kappa shape index (κ2) is 6.40. The van der Waals surface area contributed by atoms with Crippen molar-refractivity contribution >= 4 is 55.4 Å². The van der Waals surface area contributed by atoms with Gasteiger partial charge in [-0.3, -0.25) is 0 Å². The van der Waals surface area contributed by atoms with E-state index >= 15 is 0 Å². The lowest BCUT2D eigenvalue weighted by atomic mass is 9.73. The zero-order chi connectivity index (χ0) is 18.9. The van der Waals surface area contributed by atoms with Crippen LogP contribution < -0.4 is 0 Å². The number of hydrogen-bond acceptors (Lipinski definition) is 2. The second-order valence-electron chi connectivity index (χ2n) is 7.25. The fraction of sp³-hybridized carbons (Fsp3) is 0.0833. The Kier molecular flexibility index (Phi) is 4.03. The molecule has 2 aliphatic carbocycles. The number of benzene rings is 3. The fourth-order valence-electron chi connectivity index (χ4n) is 4.65. The summed E-state index contributed by atoms with van der Waals surface area (Å²) in [6, 6.07) is 24.5. The van der Waals surface area contributed by atoms with Gasteiger partial charge >= 0.3 is 0 Å². The summed E-state index contributed by atoms with van der Waals surface area (Å²) in [7, 11) is 0. The molecule has 0 saturated carbocycles. The molecule has 0 aromatic heterocycles. The van der Waals surface area contributed by atoms with E-state index in [1.54, 1.807) is 0 Å². The number of hydrogen-bond donors (Lipinski definition) is 0. The van der Waals surface area contributed by atoms with Gasteiger partial charge in [0, 0.05) is 24.1 Å². The largest absolute Gasteiger partial charge is 0.0908 e. The topological polar surface area (TPSA) is 0 Å². The molecule has 0 radical (unpaired) electrons. The van der Waals surface area contributed by atoms with Crippen LogP contribution in [-0.4, -0.2) is 0 Å². The normalized spacial score (nSPS) is 18.3. The standard InChI is InChI=1S/C24H14Br2S2/c25-14-9-10-20-21(11-14)28-23-22(27-20)12-15(26)13-24(23)18-7-3-1-5-16(18)17-6-2-4-8-19(17)24/h1-12H,13H2. The highest BCUT2D eigenvalue weighted by atomic mass is 79.9. The third-order valence-corrected chi connectivity index (χ3v) is 9.44. The molecule has 0 fully saturated rings. The highest BCUT2D eigenvalue weighted by Gasteiger charge is 2.49. The Morgan fingerprint density at radius 2 is 1.43 bits per heavy atom. The second-order valence-corrected chi connectivity index (χ2v) is 11.3. The van der Waals surface area contributed by atoms with E-state index in [9.17, 15) is 0 Å². The molecule has 6 rings (SSSR count). The van der Waals surface area contributed by atoms with Gasteiger partial charge in [-0.1, -0.05) is 104 Å². The Hall–Kier alpha value is -1.20. The molecular formula is C24H14Br2S2. The maximum atomic E-state index is 3.89. The molecule has 0 N–H and O–H groups in total. The number of allylic oxidation sites excluding steroid dienone is 3. The van der Waals surface area contributed by atoms with Crippen LogP contribution in [0, 0.1) is 0 Å². The van der Waals surface area contributed by atoms with Crippen molar-refractivity contribution in [2.45, 2.75) is 21.6 Å². The summed E-state index contributed by atoms with van der Waals surface area (Å²) in [4.78, 5) is 5.50. The summed E-state index contributed by atoms with van der Waals surface area (Å²) in [5, 5.41) is 0. The van der Waals surface area contributed by atoms with E-state index < -0.39 is 0 Å². The minimum atomic E-state index is -0.117. The maximum Gasteiger partial charge on any atom is 0.0583 e. The molecule has 0 bridgehead atoms. The predicted octanol–water partition coefficient (Wildman–Crippen LogP) is 8.51. The van der Waals surface area contributed by atoms with Crippen LogP contribution in [-0.2, 0) is 5.41 Å². The molecular weight excluding hydrogens is 512 g/mol. The van der Waals surface area contributed by atoms with Gasteiger partial charge in [-0.05, 0) is 57.4 Å². The van der Waals surface area contributed by atoms with E-state index in [0.29, 0.717) is 0 Å². The van der Waals surface area contributed by atoms with Crippen molar-refractivity contribution in [3.8, 4) is 11.1 Å². The van der Waals surface area contributed by atoms with E-state index in [0.717, 1.165) is 10.9 Å². The van der Waals surface area contributed by atoms with Crippen LogP contribution in [0.4, 0.5) is 0 Å². The molecule has 3 aromatic rings. The Balaban J connectivity index is 1.66. The summed E-state index contributed by atoms with van der Waals surface area (Å²) in [5.74, 6) is 0. The average molecular weight is 526 g/mol. The van der Waals surface area contributed by atoms with Crippen LogP contribution in [0.1, 0.15) is 17.5 Å². The van der Waals surface area contributed by atoms with Crippen LogP contribution in [0.3, 0.4) is 0 Å². The van der Waals surface area contributed by atoms with Crippen molar-refractivity contribution in [3.05, 3.63) is 103 Å². The van der Waals surface area contributed by atoms with Gasteiger partial charge in [0.1, 0.15) is 0 Å². The van der Waals surface area contributed by atoms with Crippen molar-refractivity contribution in [3.63, 3.8) is 0 Å². The smallest absolute Gasteiger partial charge is 0.0583 e. The van der Waals surface area contributed by atoms with Gasteiger partial charge in [0.2, 0.25) is 0 Å². The molecule has 4 heteroatoms. The summed E-state index contributed by atoms with van der Waals surface area (Å²) in [5.41, 5.74) is 5.49.